The molecule has 4 rings (SSSR count). The molecule has 1 aliphatic heterocycles. The summed E-state index contributed by atoms with van der Waals surface area (Å²) in [6, 6.07) is 15.6. The van der Waals surface area contributed by atoms with Gasteiger partial charge in [0.15, 0.2) is 0 Å². The number of nitriles is 1. The number of hydrogen-bond acceptors (Lipinski definition) is 6. The number of rotatable bonds is 5. The molecule has 0 atom stereocenters. The molecule has 3 heterocycles. The van der Waals surface area contributed by atoms with Crippen molar-refractivity contribution in [3.05, 3.63) is 70.9 Å². The quantitative estimate of drug-likeness (QED) is 0.637. The zero-order valence-electron chi connectivity index (χ0n) is 16.7. The lowest BCUT2D eigenvalue weighted by atomic mass is 10.1. The Morgan fingerprint density at radius 3 is 2.73 bits per heavy atom. The molecule has 1 amide bonds. The molecule has 0 spiro atoms. The molecule has 0 N–H and O–H groups in total. The van der Waals surface area contributed by atoms with E-state index in [1.54, 1.807) is 6.20 Å². The molecule has 1 saturated heterocycles. The van der Waals surface area contributed by atoms with E-state index in [4.69, 9.17) is 5.26 Å². The Bertz CT molecular complexity index is 1030. The van der Waals surface area contributed by atoms with Crippen molar-refractivity contribution in [1.29, 1.82) is 5.26 Å². The first-order valence-electron chi connectivity index (χ1n) is 10.1. The van der Waals surface area contributed by atoms with E-state index in [2.05, 4.69) is 20.9 Å². The number of hydrogen-bond donors (Lipinski definition) is 0. The molecule has 6 nitrogen and oxygen atoms in total. The number of carbonyl (C=O) groups is 1. The summed E-state index contributed by atoms with van der Waals surface area (Å²) in [5, 5.41) is 11.7. The van der Waals surface area contributed by atoms with Gasteiger partial charge in [0.1, 0.15) is 5.01 Å². The van der Waals surface area contributed by atoms with Crippen molar-refractivity contribution < 1.29 is 4.79 Å². The number of carbonyl (C=O) groups excluding carboxylic acids is 1. The molecule has 30 heavy (non-hydrogen) atoms. The van der Waals surface area contributed by atoms with Gasteiger partial charge in [-0.15, -0.1) is 11.3 Å². The first-order valence-corrected chi connectivity index (χ1v) is 10.9. The average Bonchev–Trinajstić information content (AvgIpc) is 3.12. The standard InChI is InChI=1S/C23H23N5OS/c24-15-18-5-7-19(8-6-18)16-27-10-3-11-28(13-12-27)22(29)14-20-17-30-23(26-20)21-4-1-2-9-25-21/h1-2,4-9,17H,3,10-14,16H2. The molecule has 7 heteroatoms. The molecule has 152 valence electrons. The van der Waals surface area contributed by atoms with Gasteiger partial charge in [-0.05, 0) is 36.2 Å². The van der Waals surface area contributed by atoms with Crippen molar-refractivity contribution in [2.75, 3.05) is 26.2 Å². The number of pyridine rings is 1. The van der Waals surface area contributed by atoms with E-state index in [9.17, 15) is 4.79 Å². The van der Waals surface area contributed by atoms with Crippen LogP contribution in [0.5, 0.6) is 0 Å². The van der Waals surface area contributed by atoms with E-state index in [0.29, 0.717) is 12.0 Å². The summed E-state index contributed by atoms with van der Waals surface area (Å²) in [5.41, 5.74) is 3.52. The Balaban J connectivity index is 1.31. The zero-order chi connectivity index (χ0) is 20.8. The molecular formula is C23H23N5OS. The van der Waals surface area contributed by atoms with E-state index in [0.717, 1.165) is 55.5 Å². The number of amides is 1. The Morgan fingerprint density at radius 1 is 1.10 bits per heavy atom. The average molecular weight is 418 g/mol. The molecular weight excluding hydrogens is 394 g/mol. The van der Waals surface area contributed by atoms with Gasteiger partial charge in [-0.25, -0.2) is 4.98 Å². The van der Waals surface area contributed by atoms with Crippen LogP contribution in [-0.4, -0.2) is 51.9 Å². The van der Waals surface area contributed by atoms with E-state index in [1.807, 2.05) is 52.7 Å². The number of benzene rings is 1. The van der Waals surface area contributed by atoms with Crippen LogP contribution in [0.1, 0.15) is 23.2 Å². The van der Waals surface area contributed by atoms with Crippen LogP contribution in [0.4, 0.5) is 0 Å². The van der Waals surface area contributed by atoms with Crippen LogP contribution < -0.4 is 0 Å². The molecule has 1 aromatic carbocycles. The highest BCUT2D eigenvalue weighted by atomic mass is 32.1. The summed E-state index contributed by atoms with van der Waals surface area (Å²) in [5.74, 6) is 0.132. The SMILES string of the molecule is N#Cc1ccc(CN2CCCN(C(=O)Cc3csc(-c4ccccn4)n3)CC2)cc1. The third-order valence-corrected chi connectivity index (χ3v) is 6.11. The minimum Gasteiger partial charge on any atom is -0.341 e. The van der Waals surface area contributed by atoms with E-state index in [1.165, 1.54) is 16.9 Å². The maximum Gasteiger partial charge on any atom is 0.228 e. The molecule has 1 aliphatic rings. The fourth-order valence-electron chi connectivity index (χ4n) is 3.58. The van der Waals surface area contributed by atoms with Gasteiger partial charge < -0.3 is 4.90 Å². The van der Waals surface area contributed by atoms with Crippen LogP contribution in [0.25, 0.3) is 10.7 Å². The number of nitrogens with zero attached hydrogens (tertiary/aromatic N) is 5. The smallest absolute Gasteiger partial charge is 0.228 e. The Kier molecular flexibility index (Phi) is 6.47. The maximum atomic E-state index is 12.8. The topological polar surface area (TPSA) is 73.1 Å². The van der Waals surface area contributed by atoms with Crippen molar-refractivity contribution in [2.24, 2.45) is 0 Å². The fraction of sp³-hybridized carbons (Fsp3) is 0.304. The van der Waals surface area contributed by atoms with Gasteiger partial charge in [0.05, 0.1) is 29.4 Å². The van der Waals surface area contributed by atoms with Crippen LogP contribution in [0.15, 0.2) is 54.0 Å². The summed E-state index contributed by atoms with van der Waals surface area (Å²) >= 11 is 1.53. The van der Waals surface area contributed by atoms with Crippen LogP contribution in [0.3, 0.4) is 0 Å². The van der Waals surface area contributed by atoms with Gasteiger partial charge in [0, 0.05) is 44.3 Å². The van der Waals surface area contributed by atoms with Crippen LogP contribution in [0, 0.1) is 11.3 Å². The lowest BCUT2D eigenvalue weighted by molar-refractivity contribution is -0.130. The lowest BCUT2D eigenvalue weighted by Crippen LogP contribution is -2.36. The second-order valence-electron chi connectivity index (χ2n) is 7.35. The molecule has 2 aromatic heterocycles. The first-order chi connectivity index (χ1) is 14.7. The van der Waals surface area contributed by atoms with Gasteiger partial charge in [0.25, 0.3) is 0 Å². The summed E-state index contributed by atoms with van der Waals surface area (Å²) in [7, 11) is 0. The minimum atomic E-state index is 0.132. The Hall–Kier alpha value is -3.08. The summed E-state index contributed by atoms with van der Waals surface area (Å²) in [6.45, 7) is 4.16. The molecule has 0 bridgehead atoms. The summed E-state index contributed by atoms with van der Waals surface area (Å²) in [6.07, 6.45) is 3.04. The van der Waals surface area contributed by atoms with Gasteiger partial charge in [-0.1, -0.05) is 18.2 Å². The molecule has 0 unspecified atom stereocenters. The zero-order valence-corrected chi connectivity index (χ0v) is 17.5. The molecule has 1 fully saturated rings. The Labute approximate surface area is 180 Å². The highest BCUT2D eigenvalue weighted by Gasteiger charge is 2.20. The molecule has 3 aromatic rings. The highest BCUT2D eigenvalue weighted by molar-refractivity contribution is 7.13. The van der Waals surface area contributed by atoms with E-state index < -0.39 is 0 Å². The van der Waals surface area contributed by atoms with Crippen molar-refractivity contribution in [3.63, 3.8) is 0 Å². The third-order valence-electron chi connectivity index (χ3n) is 5.20. The lowest BCUT2D eigenvalue weighted by Gasteiger charge is -2.22. The second-order valence-corrected chi connectivity index (χ2v) is 8.21. The first kappa shape index (κ1) is 20.2. The van der Waals surface area contributed by atoms with Crippen LogP contribution >= 0.6 is 11.3 Å². The van der Waals surface area contributed by atoms with Crippen LogP contribution in [-0.2, 0) is 17.8 Å². The predicted molar refractivity (Wildman–Crippen MR) is 117 cm³/mol. The van der Waals surface area contributed by atoms with E-state index in [-0.39, 0.29) is 5.91 Å². The monoisotopic (exact) mass is 417 g/mol. The normalized spacial score (nSPS) is 14.8. The summed E-state index contributed by atoms with van der Waals surface area (Å²) < 4.78 is 0. The minimum absolute atomic E-state index is 0.132. The fourth-order valence-corrected chi connectivity index (χ4v) is 4.38. The third kappa shape index (κ3) is 5.09. The van der Waals surface area contributed by atoms with Gasteiger partial charge >= 0.3 is 0 Å². The van der Waals surface area contributed by atoms with Crippen molar-refractivity contribution >= 4 is 17.2 Å². The molecule has 0 radical (unpaired) electrons. The number of aromatic nitrogens is 2. The highest BCUT2D eigenvalue weighted by Crippen LogP contribution is 2.22. The van der Waals surface area contributed by atoms with Crippen molar-refractivity contribution in [3.8, 4) is 16.8 Å². The van der Waals surface area contributed by atoms with Gasteiger partial charge in [0.2, 0.25) is 5.91 Å². The van der Waals surface area contributed by atoms with Crippen molar-refractivity contribution in [2.45, 2.75) is 19.4 Å². The number of thiazole rings is 1. The molecule has 0 aliphatic carbocycles. The molecule has 0 saturated carbocycles. The summed E-state index contributed by atoms with van der Waals surface area (Å²) in [4.78, 5) is 26.1. The van der Waals surface area contributed by atoms with E-state index >= 15 is 0 Å². The van der Waals surface area contributed by atoms with Gasteiger partial charge in [-0.3, -0.25) is 14.7 Å². The van der Waals surface area contributed by atoms with Crippen molar-refractivity contribution in [1.82, 2.24) is 19.8 Å². The van der Waals surface area contributed by atoms with Gasteiger partial charge in [-0.2, -0.15) is 5.26 Å². The largest absolute Gasteiger partial charge is 0.341 e. The maximum absolute atomic E-state index is 12.8. The second kappa shape index (κ2) is 9.61. The van der Waals surface area contributed by atoms with Crippen LogP contribution in [0.2, 0.25) is 0 Å². The predicted octanol–water partition coefficient (Wildman–Crippen LogP) is 3.35. The Morgan fingerprint density at radius 2 is 1.97 bits per heavy atom.